The number of H-pyrrole nitrogens is 1. The van der Waals surface area contributed by atoms with Crippen LogP contribution >= 0.6 is 0 Å². The maximum absolute atomic E-state index is 12.5. The predicted octanol–water partition coefficient (Wildman–Crippen LogP) is 5.19. The summed E-state index contributed by atoms with van der Waals surface area (Å²) in [5, 5.41) is 12.8. The van der Waals surface area contributed by atoms with Gasteiger partial charge in [0, 0.05) is 55.3 Å². The summed E-state index contributed by atoms with van der Waals surface area (Å²) >= 11 is 0. The van der Waals surface area contributed by atoms with Gasteiger partial charge in [-0.3, -0.25) is 14.9 Å². The van der Waals surface area contributed by atoms with Gasteiger partial charge in [0.2, 0.25) is 0 Å². The van der Waals surface area contributed by atoms with Crippen molar-refractivity contribution < 1.29 is 19.5 Å². The highest BCUT2D eigenvalue weighted by Gasteiger charge is 2.22. The molecule has 1 aromatic heterocycles. The number of carbonyl (C=O) groups is 2. The topological polar surface area (TPSA) is 107 Å². The first-order chi connectivity index (χ1) is 20.1. The zero-order valence-electron chi connectivity index (χ0n) is 23.0. The second kappa shape index (κ2) is 13.8. The van der Waals surface area contributed by atoms with E-state index in [9.17, 15) is 9.59 Å². The van der Waals surface area contributed by atoms with Crippen LogP contribution in [-0.4, -0.2) is 53.3 Å². The van der Waals surface area contributed by atoms with Gasteiger partial charge in [-0.25, -0.2) is 10.3 Å². The number of aromatic nitrogens is 1. The van der Waals surface area contributed by atoms with E-state index in [4.69, 9.17) is 9.94 Å². The maximum Gasteiger partial charge on any atom is 0.407 e. The zero-order chi connectivity index (χ0) is 28.4. The summed E-state index contributed by atoms with van der Waals surface area (Å²) in [5.74, 6) is -0.239. The molecule has 1 heterocycles. The third-order valence-corrected chi connectivity index (χ3v) is 7.69. The molecular weight excluding hydrogens is 516 g/mol. The number of hydroxylamine groups is 1. The molecule has 4 N–H and O–H groups in total. The quantitative estimate of drug-likeness (QED) is 0.110. The molecule has 5 rings (SSSR count). The molecular formula is C33H36N4O4. The van der Waals surface area contributed by atoms with E-state index in [1.807, 2.05) is 36.4 Å². The molecule has 1 atom stereocenters. The van der Waals surface area contributed by atoms with Crippen molar-refractivity contribution in [3.8, 4) is 0 Å². The zero-order valence-corrected chi connectivity index (χ0v) is 23.0. The molecule has 41 heavy (non-hydrogen) atoms. The number of fused-ring (bicyclic) bond motifs is 2. The molecule has 1 aliphatic carbocycles. The molecule has 0 aliphatic heterocycles. The Kier molecular flexibility index (Phi) is 9.46. The van der Waals surface area contributed by atoms with Gasteiger partial charge in [-0.15, -0.1) is 0 Å². The monoisotopic (exact) mass is 552 g/mol. The number of amides is 2. The molecule has 3 aromatic carbocycles. The first-order valence-electron chi connectivity index (χ1n) is 14.1. The molecule has 0 fully saturated rings. The summed E-state index contributed by atoms with van der Waals surface area (Å²) in [6.07, 6.45) is 7.56. The molecule has 1 aliphatic rings. The van der Waals surface area contributed by atoms with Crippen molar-refractivity contribution >= 4 is 29.0 Å². The van der Waals surface area contributed by atoms with Crippen LogP contribution in [0.15, 0.2) is 85.1 Å². The number of alkyl carbamates (subject to hydrolysis) is 1. The molecule has 1 unspecified atom stereocenters. The molecule has 2 amide bonds. The SMILES string of the molecule is O=C(/C=C/c1ccc(CN(CCOC(=O)NCC2CCc3ccccc32)CCc2c[nH]c3ccccc23)cc1)NO. The number of ether oxygens (including phenoxy) is 1. The number of aryl methyl sites for hydroxylation is 1. The van der Waals surface area contributed by atoms with E-state index < -0.39 is 5.91 Å². The number of hydrogen-bond donors (Lipinski definition) is 4. The fourth-order valence-corrected chi connectivity index (χ4v) is 5.47. The van der Waals surface area contributed by atoms with Gasteiger partial charge in [-0.05, 0) is 59.2 Å². The van der Waals surface area contributed by atoms with Crippen LogP contribution in [0.3, 0.4) is 0 Å². The summed E-state index contributed by atoms with van der Waals surface area (Å²) in [4.78, 5) is 29.4. The summed E-state index contributed by atoms with van der Waals surface area (Å²) < 4.78 is 5.58. The van der Waals surface area contributed by atoms with Gasteiger partial charge in [0.15, 0.2) is 0 Å². The Labute approximate surface area is 240 Å². The number of nitrogens with one attached hydrogen (secondary N) is 3. The standard InChI is InChI=1S/C33H36N4O4/c38-32(36-40)16-13-24-9-11-25(12-10-24)23-37(18-17-28-21-34-31-8-4-3-7-30(28)31)19-20-41-33(39)35-22-27-15-14-26-5-1-2-6-29(26)27/h1-13,16,21,27,34,40H,14-15,17-20,22-23H2,(H,35,39)(H,36,38)/b16-13+. The van der Waals surface area contributed by atoms with Crippen molar-refractivity contribution in [1.82, 2.24) is 20.7 Å². The van der Waals surface area contributed by atoms with E-state index >= 15 is 0 Å². The fourth-order valence-electron chi connectivity index (χ4n) is 5.47. The highest BCUT2D eigenvalue weighted by Crippen LogP contribution is 2.32. The van der Waals surface area contributed by atoms with Crippen molar-refractivity contribution in [3.63, 3.8) is 0 Å². The molecule has 0 bridgehead atoms. The van der Waals surface area contributed by atoms with E-state index in [1.165, 1.54) is 28.2 Å². The minimum Gasteiger partial charge on any atom is -0.448 e. The maximum atomic E-state index is 12.5. The smallest absolute Gasteiger partial charge is 0.407 e. The van der Waals surface area contributed by atoms with Gasteiger partial charge in [0.05, 0.1) is 0 Å². The Morgan fingerprint density at radius 1 is 1.02 bits per heavy atom. The number of aromatic amines is 1. The molecule has 8 nitrogen and oxygen atoms in total. The average Bonchev–Trinajstić information content (AvgIpc) is 3.62. The first-order valence-corrected chi connectivity index (χ1v) is 14.1. The van der Waals surface area contributed by atoms with Crippen LogP contribution in [0.5, 0.6) is 0 Å². The molecule has 0 saturated heterocycles. The van der Waals surface area contributed by atoms with E-state index in [0.717, 1.165) is 42.5 Å². The third-order valence-electron chi connectivity index (χ3n) is 7.69. The molecule has 0 radical (unpaired) electrons. The summed E-state index contributed by atoms with van der Waals surface area (Å²) in [5.41, 5.74) is 8.63. The highest BCUT2D eigenvalue weighted by molar-refractivity contribution is 5.90. The van der Waals surface area contributed by atoms with Gasteiger partial charge in [0.25, 0.3) is 5.91 Å². The average molecular weight is 553 g/mol. The Morgan fingerprint density at radius 3 is 2.68 bits per heavy atom. The van der Waals surface area contributed by atoms with Gasteiger partial charge in [-0.2, -0.15) is 0 Å². The Balaban J connectivity index is 1.16. The fraction of sp³-hybridized carbons (Fsp3) is 0.273. The van der Waals surface area contributed by atoms with Crippen LogP contribution in [-0.2, 0) is 28.9 Å². The van der Waals surface area contributed by atoms with Crippen LogP contribution in [0.2, 0.25) is 0 Å². The molecule has 212 valence electrons. The third kappa shape index (κ3) is 7.63. The lowest BCUT2D eigenvalue weighted by Gasteiger charge is -2.22. The lowest BCUT2D eigenvalue weighted by atomic mass is 10.0. The highest BCUT2D eigenvalue weighted by atomic mass is 16.5. The number of nitrogens with zero attached hydrogens (tertiary/aromatic N) is 1. The Bertz CT molecular complexity index is 1490. The largest absolute Gasteiger partial charge is 0.448 e. The number of hydrogen-bond acceptors (Lipinski definition) is 5. The van der Waals surface area contributed by atoms with Crippen molar-refractivity contribution in [2.75, 3.05) is 26.2 Å². The van der Waals surface area contributed by atoms with Crippen molar-refractivity contribution in [2.45, 2.75) is 31.7 Å². The molecule has 0 spiro atoms. The number of para-hydroxylation sites is 1. The van der Waals surface area contributed by atoms with Gasteiger partial charge < -0.3 is 15.0 Å². The van der Waals surface area contributed by atoms with Crippen LogP contribution in [0.4, 0.5) is 4.79 Å². The van der Waals surface area contributed by atoms with Crippen LogP contribution in [0.25, 0.3) is 17.0 Å². The van der Waals surface area contributed by atoms with E-state index in [-0.39, 0.29) is 12.7 Å². The van der Waals surface area contributed by atoms with E-state index in [0.29, 0.717) is 25.6 Å². The van der Waals surface area contributed by atoms with Gasteiger partial charge in [0.1, 0.15) is 6.61 Å². The minimum absolute atomic E-state index is 0.290. The summed E-state index contributed by atoms with van der Waals surface area (Å²) in [6, 6.07) is 24.6. The van der Waals surface area contributed by atoms with Crippen LogP contribution in [0, 0.1) is 0 Å². The molecule has 8 heteroatoms. The molecule has 4 aromatic rings. The first kappa shape index (κ1) is 28.1. The van der Waals surface area contributed by atoms with E-state index in [1.54, 1.807) is 11.6 Å². The molecule has 0 saturated carbocycles. The number of benzene rings is 3. The van der Waals surface area contributed by atoms with Crippen molar-refractivity contribution in [2.24, 2.45) is 0 Å². The second-order valence-electron chi connectivity index (χ2n) is 10.4. The number of carbonyl (C=O) groups excluding carboxylic acids is 2. The summed E-state index contributed by atoms with van der Waals surface area (Å²) in [7, 11) is 0. The van der Waals surface area contributed by atoms with E-state index in [2.05, 4.69) is 57.8 Å². The lowest BCUT2D eigenvalue weighted by Crippen LogP contribution is -2.33. The van der Waals surface area contributed by atoms with Crippen molar-refractivity contribution in [3.05, 3.63) is 113 Å². The van der Waals surface area contributed by atoms with Gasteiger partial charge in [-0.1, -0.05) is 66.7 Å². The normalized spacial score (nSPS) is 14.4. The second-order valence-corrected chi connectivity index (χ2v) is 10.4. The van der Waals surface area contributed by atoms with Crippen LogP contribution < -0.4 is 10.8 Å². The predicted molar refractivity (Wildman–Crippen MR) is 160 cm³/mol. The number of rotatable bonds is 12. The Hall–Kier alpha value is -4.40. The lowest BCUT2D eigenvalue weighted by molar-refractivity contribution is -0.124. The van der Waals surface area contributed by atoms with Crippen molar-refractivity contribution in [1.29, 1.82) is 0 Å². The van der Waals surface area contributed by atoms with Gasteiger partial charge >= 0.3 is 6.09 Å². The summed E-state index contributed by atoms with van der Waals surface area (Å²) in [6.45, 7) is 2.95. The Morgan fingerprint density at radius 2 is 1.83 bits per heavy atom. The van der Waals surface area contributed by atoms with Crippen LogP contribution in [0.1, 0.15) is 40.2 Å². The minimum atomic E-state index is -0.574.